The zero-order chi connectivity index (χ0) is 27.3. The third kappa shape index (κ3) is 6.72. The number of rotatable bonds is 5. The van der Waals surface area contributed by atoms with Gasteiger partial charge in [-0.15, -0.1) is 0 Å². The van der Waals surface area contributed by atoms with Crippen molar-refractivity contribution in [1.82, 2.24) is 29.7 Å². The van der Waals surface area contributed by atoms with Crippen LogP contribution in [0.5, 0.6) is 0 Å². The number of alkyl halides is 3. The lowest BCUT2D eigenvalue weighted by Gasteiger charge is -2.29. The van der Waals surface area contributed by atoms with Gasteiger partial charge in [0.1, 0.15) is 11.4 Å². The van der Waals surface area contributed by atoms with Crippen LogP contribution in [-0.4, -0.2) is 72.6 Å². The molecule has 3 aromatic rings. The summed E-state index contributed by atoms with van der Waals surface area (Å²) in [4.78, 5) is 38.4. The number of nitrogens with one attached hydrogen (secondary N) is 3. The van der Waals surface area contributed by atoms with E-state index in [9.17, 15) is 22.8 Å². The molecule has 1 aliphatic rings. The number of carbonyl (C=O) groups excluding carboxylic acids is 2. The van der Waals surface area contributed by atoms with Crippen molar-refractivity contribution in [3.63, 3.8) is 0 Å². The van der Waals surface area contributed by atoms with E-state index in [1.54, 1.807) is 19.4 Å². The molecule has 0 aliphatic heterocycles. The molecule has 13 nitrogen and oxygen atoms in total. The first kappa shape index (κ1) is 27.4. The fourth-order valence-corrected chi connectivity index (χ4v) is 3.69. The number of hydrogen-bond acceptors (Lipinski definition) is 8. The van der Waals surface area contributed by atoms with Gasteiger partial charge in [-0.2, -0.15) is 23.4 Å². The highest BCUT2D eigenvalue weighted by atomic mass is 19.4. The first-order chi connectivity index (χ1) is 17.4. The number of hydrogen-bond donors (Lipinski definition) is 5. The van der Waals surface area contributed by atoms with E-state index in [1.807, 2.05) is 6.07 Å². The number of carboxylic acids is 1. The lowest BCUT2D eigenvalue weighted by molar-refractivity contribution is -0.192. The molecular formula is C21H26F3N9O4. The number of fused-ring (bicyclic) bond motifs is 1. The van der Waals surface area contributed by atoms with Crippen molar-refractivity contribution in [1.29, 1.82) is 0 Å². The van der Waals surface area contributed by atoms with Gasteiger partial charge < -0.3 is 26.8 Å². The Labute approximate surface area is 208 Å². The number of halogens is 3. The minimum absolute atomic E-state index is 0.0816. The van der Waals surface area contributed by atoms with Crippen LogP contribution in [0.1, 0.15) is 46.5 Å². The largest absolute Gasteiger partial charge is 0.490 e. The maximum atomic E-state index is 12.9. The molecule has 0 spiro atoms. The first-order valence-corrected chi connectivity index (χ1v) is 11.1. The molecule has 1 aliphatic carbocycles. The minimum atomic E-state index is -5.08. The monoisotopic (exact) mass is 525 g/mol. The fourth-order valence-electron chi connectivity index (χ4n) is 3.69. The Balaban J connectivity index is 0.000000479. The number of nitrogens with two attached hydrogens (primary N) is 1. The summed E-state index contributed by atoms with van der Waals surface area (Å²) >= 11 is 0. The zero-order valence-electron chi connectivity index (χ0n) is 19.9. The van der Waals surface area contributed by atoms with E-state index in [0.29, 0.717) is 22.7 Å². The third-order valence-corrected chi connectivity index (χ3v) is 5.53. The summed E-state index contributed by atoms with van der Waals surface area (Å²) in [5, 5.41) is 24.1. The Bertz CT molecular complexity index is 1290. The maximum Gasteiger partial charge on any atom is 0.490 e. The van der Waals surface area contributed by atoms with Crippen molar-refractivity contribution in [2.45, 2.75) is 43.9 Å². The van der Waals surface area contributed by atoms with Crippen LogP contribution in [0.3, 0.4) is 0 Å². The SMILES string of the molecule is CNC(=O)c1nn(C)cc1NC(=O)c1cnn2ccc(N[C@H]3CCCC[C@H]3N)nc12.O=C(O)C(F)(F)F. The molecule has 16 heteroatoms. The molecule has 0 aromatic carbocycles. The molecule has 4 rings (SSSR count). The van der Waals surface area contributed by atoms with Gasteiger partial charge in [0.2, 0.25) is 0 Å². The smallest absolute Gasteiger partial charge is 0.475 e. The van der Waals surface area contributed by atoms with E-state index in [4.69, 9.17) is 15.6 Å². The lowest BCUT2D eigenvalue weighted by atomic mass is 9.91. The van der Waals surface area contributed by atoms with Gasteiger partial charge in [-0.05, 0) is 18.9 Å². The molecular weight excluding hydrogens is 499 g/mol. The molecule has 3 aromatic heterocycles. The Kier molecular flexibility index (Phi) is 8.31. The maximum absolute atomic E-state index is 12.9. The van der Waals surface area contributed by atoms with Crippen LogP contribution < -0.4 is 21.7 Å². The molecule has 1 saturated carbocycles. The Morgan fingerprint density at radius 2 is 1.86 bits per heavy atom. The topological polar surface area (TPSA) is 182 Å². The van der Waals surface area contributed by atoms with Crippen LogP contribution in [0.25, 0.3) is 5.65 Å². The Morgan fingerprint density at radius 1 is 1.19 bits per heavy atom. The summed E-state index contributed by atoms with van der Waals surface area (Å²) in [5.74, 6) is -2.93. The molecule has 200 valence electrons. The minimum Gasteiger partial charge on any atom is -0.475 e. The van der Waals surface area contributed by atoms with E-state index in [-0.39, 0.29) is 23.7 Å². The highest BCUT2D eigenvalue weighted by Gasteiger charge is 2.38. The average Bonchev–Trinajstić information content (AvgIpc) is 3.42. The number of aromatic nitrogens is 5. The summed E-state index contributed by atoms with van der Waals surface area (Å²) in [6.07, 6.45) is 3.93. The van der Waals surface area contributed by atoms with Crippen LogP contribution in [0.15, 0.2) is 24.7 Å². The second kappa shape index (κ2) is 11.2. The summed E-state index contributed by atoms with van der Waals surface area (Å²) in [6.45, 7) is 0. The highest BCUT2D eigenvalue weighted by molar-refractivity contribution is 6.10. The normalized spacial score (nSPS) is 17.5. The van der Waals surface area contributed by atoms with Gasteiger partial charge >= 0.3 is 12.1 Å². The van der Waals surface area contributed by atoms with E-state index in [1.165, 1.54) is 22.4 Å². The van der Waals surface area contributed by atoms with Gasteiger partial charge in [0.05, 0.1) is 11.9 Å². The number of aryl methyl sites for hydroxylation is 1. The molecule has 3 heterocycles. The fraction of sp³-hybridized carbons (Fsp3) is 0.429. The molecule has 0 bridgehead atoms. The molecule has 0 unspecified atom stereocenters. The van der Waals surface area contributed by atoms with Crippen molar-refractivity contribution >= 4 is 34.9 Å². The first-order valence-electron chi connectivity index (χ1n) is 11.1. The van der Waals surface area contributed by atoms with Crippen LogP contribution in [0.2, 0.25) is 0 Å². The standard InChI is InChI=1S/C19H25N9O2.C2HF3O2/c1-21-19(30)16-14(10-27(2)26-16)24-18(29)11-9-22-28-8-7-15(25-17(11)28)23-13-6-4-3-5-12(13)20;3-2(4,5)1(6)7/h7-10,12-13H,3-6,20H2,1-2H3,(H,21,30)(H,23,25)(H,24,29);(H,6,7)/t12-,13+;/m1./s1. The number of nitrogens with zero attached hydrogens (tertiary/aromatic N) is 5. The molecule has 2 atom stereocenters. The highest BCUT2D eigenvalue weighted by Crippen LogP contribution is 2.22. The molecule has 6 N–H and O–H groups in total. The number of carbonyl (C=O) groups is 3. The van der Waals surface area contributed by atoms with Gasteiger partial charge in [0.15, 0.2) is 11.3 Å². The average molecular weight is 525 g/mol. The Morgan fingerprint density at radius 3 is 2.49 bits per heavy atom. The van der Waals surface area contributed by atoms with Crippen molar-refractivity contribution < 1.29 is 32.7 Å². The van der Waals surface area contributed by atoms with Crippen LogP contribution in [-0.2, 0) is 11.8 Å². The summed E-state index contributed by atoms with van der Waals surface area (Å²) in [6, 6.07) is 2.05. The van der Waals surface area contributed by atoms with Crippen LogP contribution in [0, 0.1) is 0 Å². The number of amides is 2. The molecule has 0 radical (unpaired) electrons. The second-order valence-corrected chi connectivity index (χ2v) is 8.24. The Hall–Kier alpha value is -4.21. The van der Waals surface area contributed by atoms with Crippen molar-refractivity contribution in [2.24, 2.45) is 12.8 Å². The van der Waals surface area contributed by atoms with Crippen LogP contribution in [0.4, 0.5) is 24.7 Å². The molecule has 2 amide bonds. The van der Waals surface area contributed by atoms with E-state index in [0.717, 1.165) is 25.7 Å². The predicted octanol–water partition coefficient (Wildman–Crippen LogP) is 1.39. The van der Waals surface area contributed by atoms with Gasteiger partial charge in [-0.3, -0.25) is 14.3 Å². The van der Waals surface area contributed by atoms with Gasteiger partial charge in [0, 0.05) is 38.6 Å². The molecule has 1 fully saturated rings. The van der Waals surface area contributed by atoms with E-state index < -0.39 is 18.1 Å². The predicted molar refractivity (Wildman–Crippen MR) is 125 cm³/mol. The molecule has 37 heavy (non-hydrogen) atoms. The lowest BCUT2D eigenvalue weighted by Crippen LogP contribution is -2.42. The van der Waals surface area contributed by atoms with Crippen molar-refractivity contribution in [2.75, 3.05) is 17.7 Å². The van der Waals surface area contributed by atoms with Gasteiger partial charge in [0.25, 0.3) is 11.8 Å². The molecule has 0 saturated heterocycles. The number of carboxylic acid groups (broad SMARTS) is 1. The van der Waals surface area contributed by atoms with E-state index >= 15 is 0 Å². The summed E-state index contributed by atoms with van der Waals surface area (Å²) < 4.78 is 34.7. The summed E-state index contributed by atoms with van der Waals surface area (Å²) in [5.41, 5.74) is 7.36. The number of anilines is 2. The summed E-state index contributed by atoms with van der Waals surface area (Å²) in [7, 11) is 3.18. The van der Waals surface area contributed by atoms with Crippen molar-refractivity contribution in [3.8, 4) is 0 Å². The third-order valence-electron chi connectivity index (χ3n) is 5.53. The zero-order valence-corrected chi connectivity index (χ0v) is 19.9. The van der Waals surface area contributed by atoms with Gasteiger partial charge in [-0.1, -0.05) is 12.8 Å². The second-order valence-electron chi connectivity index (χ2n) is 8.24. The number of aliphatic carboxylic acids is 1. The van der Waals surface area contributed by atoms with Crippen molar-refractivity contribution in [3.05, 3.63) is 35.9 Å². The van der Waals surface area contributed by atoms with Crippen LogP contribution >= 0.6 is 0 Å². The van der Waals surface area contributed by atoms with E-state index in [2.05, 4.69) is 31.1 Å². The van der Waals surface area contributed by atoms with Gasteiger partial charge in [-0.25, -0.2) is 14.3 Å². The quantitative estimate of drug-likeness (QED) is 0.329.